The summed E-state index contributed by atoms with van der Waals surface area (Å²) in [7, 11) is 1.73. The molecule has 98 valence electrons. The molecule has 0 bridgehead atoms. The van der Waals surface area contributed by atoms with Gasteiger partial charge in [0.25, 0.3) is 0 Å². The first-order valence-corrected chi connectivity index (χ1v) is 5.85. The van der Waals surface area contributed by atoms with E-state index >= 15 is 0 Å². The van der Waals surface area contributed by atoms with E-state index in [0.29, 0.717) is 0 Å². The Labute approximate surface area is 106 Å². The Bertz CT molecular complexity index is 279. The van der Waals surface area contributed by atoms with Gasteiger partial charge in [0, 0.05) is 19.1 Å². The van der Waals surface area contributed by atoms with Crippen LogP contribution in [-0.4, -0.2) is 20.3 Å². The lowest BCUT2D eigenvalue weighted by atomic mass is 9.84. The standard InChI is InChI=1S/C14H22O2.CH4/c1-4-14(2)9-7-13(8-10-14)16-12-6-5-11-15-3;/h4,7-9H,1,5-6,10-12H2,2-3H3;1H4. The van der Waals surface area contributed by atoms with Gasteiger partial charge in [0.2, 0.25) is 0 Å². The fourth-order valence-electron chi connectivity index (χ4n) is 1.53. The van der Waals surface area contributed by atoms with Gasteiger partial charge in [-0.3, -0.25) is 0 Å². The van der Waals surface area contributed by atoms with Crippen molar-refractivity contribution in [2.75, 3.05) is 20.3 Å². The Morgan fingerprint density at radius 2 is 2.12 bits per heavy atom. The van der Waals surface area contributed by atoms with E-state index in [1.165, 1.54) is 0 Å². The van der Waals surface area contributed by atoms with Gasteiger partial charge in [-0.05, 0) is 31.4 Å². The Hall–Kier alpha value is -1.02. The predicted molar refractivity (Wildman–Crippen MR) is 73.9 cm³/mol. The molecule has 0 saturated heterocycles. The van der Waals surface area contributed by atoms with Crippen LogP contribution in [-0.2, 0) is 9.47 Å². The summed E-state index contributed by atoms with van der Waals surface area (Å²) in [5.41, 5.74) is 0.100. The Morgan fingerprint density at radius 3 is 2.65 bits per heavy atom. The van der Waals surface area contributed by atoms with Crippen molar-refractivity contribution in [2.45, 2.75) is 33.6 Å². The van der Waals surface area contributed by atoms with Gasteiger partial charge < -0.3 is 9.47 Å². The van der Waals surface area contributed by atoms with Crippen LogP contribution < -0.4 is 0 Å². The largest absolute Gasteiger partial charge is 0.494 e. The van der Waals surface area contributed by atoms with Gasteiger partial charge in [-0.25, -0.2) is 0 Å². The molecular formula is C15H26O2. The first-order chi connectivity index (χ1) is 7.70. The maximum absolute atomic E-state index is 5.65. The molecule has 17 heavy (non-hydrogen) atoms. The van der Waals surface area contributed by atoms with Crippen LogP contribution in [0.5, 0.6) is 0 Å². The number of hydrogen-bond donors (Lipinski definition) is 0. The van der Waals surface area contributed by atoms with Gasteiger partial charge in [0.1, 0.15) is 5.76 Å². The van der Waals surface area contributed by atoms with Gasteiger partial charge in [-0.1, -0.05) is 26.5 Å². The fourth-order valence-corrected chi connectivity index (χ4v) is 1.53. The van der Waals surface area contributed by atoms with E-state index < -0.39 is 0 Å². The molecule has 0 aromatic rings. The van der Waals surface area contributed by atoms with Crippen molar-refractivity contribution >= 4 is 0 Å². The summed E-state index contributed by atoms with van der Waals surface area (Å²) in [5.74, 6) is 0.983. The average Bonchev–Trinajstić information content (AvgIpc) is 2.31. The summed E-state index contributed by atoms with van der Waals surface area (Å²) in [6, 6.07) is 0. The third-order valence-electron chi connectivity index (χ3n) is 2.85. The molecule has 1 unspecified atom stereocenters. The molecule has 0 saturated carbocycles. The van der Waals surface area contributed by atoms with Crippen LogP contribution >= 0.6 is 0 Å². The molecule has 0 N–H and O–H groups in total. The van der Waals surface area contributed by atoms with Gasteiger partial charge in [-0.2, -0.15) is 0 Å². The van der Waals surface area contributed by atoms with Gasteiger partial charge in [-0.15, -0.1) is 6.58 Å². The van der Waals surface area contributed by atoms with Crippen LogP contribution in [0.4, 0.5) is 0 Å². The highest BCUT2D eigenvalue weighted by atomic mass is 16.5. The molecule has 1 atom stereocenters. The molecule has 0 radical (unpaired) electrons. The lowest BCUT2D eigenvalue weighted by molar-refractivity contribution is 0.168. The second kappa shape index (κ2) is 8.13. The number of unbranched alkanes of at least 4 members (excludes halogenated alkanes) is 1. The van der Waals surface area contributed by atoms with E-state index in [4.69, 9.17) is 9.47 Å². The van der Waals surface area contributed by atoms with Gasteiger partial charge in [0.05, 0.1) is 6.61 Å². The van der Waals surface area contributed by atoms with Crippen molar-refractivity contribution in [3.63, 3.8) is 0 Å². The van der Waals surface area contributed by atoms with Crippen molar-refractivity contribution in [2.24, 2.45) is 5.41 Å². The molecule has 1 aliphatic rings. The van der Waals surface area contributed by atoms with Crippen LogP contribution in [0, 0.1) is 5.41 Å². The molecule has 2 heteroatoms. The monoisotopic (exact) mass is 238 g/mol. The highest BCUT2D eigenvalue weighted by Crippen LogP contribution is 2.30. The fraction of sp³-hybridized carbons (Fsp3) is 0.600. The van der Waals surface area contributed by atoms with Crippen molar-refractivity contribution < 1.29 is 9.47 Å². The minimum absolute atomic E-state index is 0. The first kappa shape index (κ1) is 16.0. The van der Waals surface area contributed by atoms with Crippen LogP contribution in [0.2, 0.25) is 0 Å². The Morgan fingerprint density at radius 1 is 1.41 bits per heavy atom. The number of rotatable bonds is 7. The summed E-state index contributed by atoms with van der Waals surface area (Å²) < 4.78 is 10.6. The van der Waals surface area contributed by atoms with E-state index in [1.807, 2.05) is 12.2 Å². The highest BCUT2D eigenvalue weighted by molar-refractivity contribution is 5.24. The number of allylic oxidation sites excluding steroid dienone is 4. The van der Waals surface area contributed by atoms with Crippen molar-refractivity contribution in [1.29, 1.82) is 0 Å². The molecule has 0 spiro atoms. The van der Waals surface area contributed by atoms with E-state index in [9.17, 15) is 0 Å². The highest BCUT2D eigenvalue weighted by Gasteiger charge is 2.18. The predicted octanol–water partition coefficient (Wildman–Crippen LogP) is 4.10. The van der Waals surface area contributed by atoms with Crippen LogP contribution in [0.15, 0.2) is 36.6 Å². The Balaban J connectivity index is 0.00000256. The maximum atomic E-state index is 5.65. The second-order valence-electron chi connectivity index (χ2n) is 4.40. The normalized spacial score (nSPS) is 22.6. The molecule has 1 rings (SSSR count). The molecule has 1 aliphatic carbocycles. The summed E-state index contributed by atoms with van der Waals surface area (Å²) in [6.07, 6.45) is 11.4. The van der Waals surface area contributed by atoms with E-state index in [1.54, 1.807) is 7.11 Å². The molecule has 0 fully saturated rings. The number of hydrogen-bond acceptors (Lipinski definition) is 2. The minimum Gasteiger partial charge on any atom is -0.494 e. The average molecular weight is 238 g/mol. The zero-order chi connectivity index (χ0) is 11.9. The van der Waals surface area contributed by atoms with Crippen molar-refractivity contribution in [3.8, 4) is 0 Å². The number of methoxy groups -OCH3 is 1. The van der Waals surface area contributed by atoms with Crippen molar-refractivity contribution in [3.05, 3.63) is 36.6 Å². The minimum atomic E-state index is 0. The molecule has 0 amide bonds. The van der Waals surface area contributed by atoms with E-state index in [-0.39, 0.29) is 12.8 Å². The molecular weight excluding hydrogens is 212 g/mol. The van der Waals surface area contributed by atoms with Gasteiger partial charge in [0.15, 0.2) is 0 Å². The lowest BCUT2D eigenvalue weighted by Gasteiger charge is -2.23. The topological polar surface area (TPSA) is 18.5 Å². The summed E-state index contributed by atoms with van der Waals surface area (Å²) in [5, 5.41) is 0. The summed E-state index contributed by atoms with van der Waals surface area (Å²) >= 11 is 0. The van der Waals surface area contributed by atoms with E-state index in [2.05, 4.69) is 25.7 Å². The molecule has 0 aromatic carbocycles. The Kier molecular flexibility index (Phi) is 7.64. The maximum Gasteiger partial charge on any atom is 0.115 e. The third-order valence-corrected chi connectivity index (χ3v) is 2.85. The quantitative estimate of drug-likeness (QED) is 0.491. The second-order valence-corrected chi connectivity index (χ2v) is 4.40. The third kappa shape index (κ3) is 5.73. The lowest BCUT2D eigenvalue weighted by Crippen LogP contribution is -2.11. The van der Waals surface area contributed by atoms with Crippen LogP contribution in [0.3, 0.4) is 0 Å². The zero-order valence-electron chi connectivity index (χ0n) is 10.4. The van der Waals surface area contributed by atoms with Crippen LogP contribution in [0.1, 0.15) is 33.6 Å². The molecule has 2 nitrogen and oxygen atoms in total. The summed E-state index contributed by atoms with van der Waals surface area (Å²) in [4.78, 5) is 0. The zero-order valence-corrected chi connectivity index (χ0v) is 10.4. The SMILES string of the molecule is C.C=CC1(C)C=CC(OCCCCOC)=CC1. The summed E-state index contributed by atoms with van der Waals surface area (Å²) in [6.45, 7) is 7.59. The molecule has 0 heterocycles. The van der Waals surface area contributed by atoms with Gasteiger partial charge >= 0.3 is 0 Å². The molecule has 0 aliphatic heterocycles. The first-order valence-electron chi connectivity index (χ1n) is 5.85. The van der Waals surface area contributed by atoms with Crippen molar-refractivity contribution in [1.82, 2.24) is 0 Å². The van der Waals surface area contributed by atoms with E-state index in [0.717, 1.165) is 38.2 Å². The van der Waals surface area contributed by atoms with Crippen LogP contribution in [0.25, 0.3) is 0 Å². The number of ether oxygens (including phenoxy) is 2. The molecule has 0 aromatic heterocycles. The smallest absolute Gasteiger partial charge is 0.115 e.